The van der Waals surface area contributed by atoms with Crippen molar-refractivity contribution in [3.05, 3.63) is 59.9 Å². The van der Waals surface area contributed by atoms with Gasteiger partial charge in [-0.05, 0) is 47.9 Å². The molecule has 0 radical (unpaired) electrons. The maximum absolute atomic E-state index is 13.1. The largest absolute Gasteiger partial charge is 0.354 e. The molecule has 1 N–H and O–H groups in total. The van der Waals surface area contributed by atoms with Crippen molar-refractivity contribution in [3.8, 4) is 11.3 Å². The zero-order valence-electron chi connectivity index (χ0n) is 10.9. The molecule has 3 rings (SSSR count). The molecule has 0 atom stereocenters. The Labute approximate surface area is 116 Å². The molecule has 3 aromatic rings. The highest BCUT2D eigenvalue weighted by Crippen LogP contribution is 2.31. The van der Waals surface area contributed by atoms with Crippen LogP contribution in [-0.2, 0) is 11.2 Å². The number of aromatic amines is 1. The van der Waals surface area contributed by atoms with E-state index in [0.29, 0.717) is 12.8 Å². The van der Waals surface area contributed by atoms with Crippen LogP contribution in [0, 0.1) is 5.82 Å². The molecule has 0 fully saturated rings. The molecule has 20 heavy (non-hydrogen) atoms. The number of aromatic nitrogens is 1. The summed E-state index contributed by atoms with van der Waals surface area (Å²) in [6.07, 6.45) is 2.09. The molecular formula is C17H14FNO. The number of hydrogen-bond donors (Lipinski definition) is 1. The number of carbonyl (C=O) groups is 1. The summed E-state index contributed by atoms with van der Waals surface area (Å²) in [6.45, 7) is 0. The number of aryl methyl sites for hydroxylation is 1. The molecule has 0 saturated heterocycles. The summed E-state index contributed by atoms with van der Waals surface area (Å²) in [5.41, 5.74) is 4.04. The van der Waals surface area contributed by atoms with Gasteiger partial charge < -0.3 is 9.78 Å². The minimum Gasteiger partial charge on any atom is -0.354 e. The zero-order chi connectivity index (χ0) is 13.9. The molecule has 0 unspecified atom stereocenters. The van der Waals surface area contributed by atoms with E-state index < -0.39 is 0 Å². The van der Waals surface area contributed by atoms with Crippen LogP contribution in [0.2, 0.25) is 0 Å². The van der Waals surface area contributed by atoms with Crippen LogP contribution in [0.25, 0.3) is 22.2 Å². The van der Waals surface area contributed by atoms with E-state index in [1.807, 2.05) is 24.3 Å². The second-order valence-corrected chi connectivity index (χ2v) is 4.74. The van der Waals surface area contributed by atoms with E-state index in [4.69, 9.17) is 0 Å². The molecule has 1 heterocycles. The third-order valence-corrected chi connectivity index (χ3v) is 3.46. The van der Waals surface area contributed by atoms with Crippen molar-refractivity contribution in [2.75, 3.05) is 0 Å². The van der Waals surface area contributed by atoms with E-state index in [2.05, 4.69) is 4.98 Å². The number of halogens is 1. The molecule has 0 saturated carbocycles. The first-order valence-corrected chi connectivity index (χ1v) is 6.59. The number of fused-ring (bicyclic) bond motifs is 1. The Hall–Kier alpha value is -2.42. The monoisotopic (exact) mass is 267 g/mol. The second kappa shape index (κ2) is 5.29. The molecule has 0 amide bonds. The molecule has 2 aromatic carbocycles. The average Bonchev–Trinajstić information content (AvgIpc) is 2.84. The highest BCUT2D eigenvalue weighted by atomic mass is 19.1. The molecule has 1 aromatic heterocycles. The molecule has 2 nitrogen and oxygen atoms in total. The predicted octanol–water partition coefficient (Wildman–Crippen LogP) is 4.11. The Morgan fingerprint density at radius 2 is 1.80 bits per heavy atom. The summed E-state index contributed by atoms with van der Waals surface area (Å²) < 4.78 is 13.1. The number of nitrogens with one attached hydrogen (secondary N) is 1. The normalized spacial score (nSPS) is 10.8. The minimum atomic E-state index is -0.251. The third-order valence-electron chi connectivity index (χ3n) is 3.46. The average molecular weight is 267 g/mol. The van der Waals surface area contributed by atoms with Gasteiger partial charge in [-0.1, -0.05) is 18.2 Å². The molecule has 0 bridgehead atoms. The number of rotatable bonds is 4. The van der Waals surface area contributed by atoms with Gasteiger partial charge in [0.05, 0.1) is 0 Å². The predicted molar refractivity (Wildman–Crippen MR) is 78.1 cm³/mol. The smallest absolute Gasteiger partial charge is 0.123 e. The van der Waals surface area contributed by atoms with Gasteiger partial charge in [0.25, 0.3) is 0 Å². The Bertz CT molecular complexity index is 743. The second-order valence-electron chi connectivity index (χ2n) is 4.74. The lowest BCUT2D eigenvalue weighted by Crippen LogP contribution is -1.89. The Morgan fingerprint density at radius 1 is 1.05 bits per heavy atom. The van der Waals surface area contributed by atoms with Crippen LogP contribution >= 0.6 is 0 Å². The standard InChI is InChI=1S/C17H14FNO/c18-13-9-7-12(8-10-13)17-15(5-3-11-20)14-4-1-2-6-16(14)19-17/h1-2,4,6-11,19H,3,5H2. The van der Waals surface area contributed by atoms with Crippen LogP contribution < -0.4 is 0 Å². The number of H-pyrrole nitrogens is 1. The van der Waals surface area contributed by atoms with Crippen molar-refractivity contribution >= 4 is 17.2 Å². The number of carbonyl (C=O) groups excluding carboxylic acids is 1. The van der Waals surface area contributed by atoms with Gasteiger partial charge in [-0.3, -0.25) is 0 Å². The van der Waals surface area contributed by atoms with E-state index in [1.54, 1.807) is 12.1 Å². The maximum atomic E-state index is 13.1. The van der Waals surface area contributed by atoms with Gasteiger partial charge in [-0.25, -0.2) is 4.39 Å². The number of aldehydes is 1. The quantitative estimate of drug-likeness (QED) is 0.709. The number of benzene rings is 2. The Kier molecular flexibility index (Phi) is 3.33. The first kappa shape index (κ1) is 12.6. The van der Waals surface area contributed by atoms with Crippen LogP contribution in [0.15, 0.2) is 48.5 Å². The first-order valence-electron chi connectivity index (χ1n) is 6.59. The van der Waals surface area contributed by atoms with E-state index in [0.717, 1.165) is 34.0 Å². The van der Waals surface area contributed by atoms with Crippen LogP contribution in [0.3, 0.4) is 0 Å². The van der Waals surface area contributed by atoms with Gasteiger partial charge in [0.15, 0.2) is 0 Å². The topological polar surface area (TPSA) is 32.9 Å². The highest BCUT2D eigenvalue weighted by molar-refractivity contribution is 5.91. The summed E-state index contributed by atoms with van der Waals surface area (Å²) in [5, 5.41) is 1.12. The molecule has 0 aliphatic carbocycles. The maximum Gasteiger partial charge on any atom is 0.123 e. The van der Waals surface area contributed by atoms with Crippen molar-refractivity contribution in [2.24, 2.45) is 0 Å². The van der Waals surface area contributed by atoms with Crippen molar-refractivity contribution < 1.29 is 9.18 Å². The van der Waals surface area contributed by atoms with Crippen LogP contribution in [0.5, 0.6) is 0 Å². The van der Waals surface area contributed by atoms with E-state index in [-0.39, 0.29) is 5.82 Å². The first-order chi connectivity index (χ1) is 9.79. The lowest BCUT2D eigenvalue weighted by molar-refractivity contribution is -0.107. The van der Waals surface area contributed by atoms with E-state index in [1.165, 1.54) is 12.1 Å². The minimum absolute atomic E-state index is 0.251. The lowest BCUT2D eigenvalue weighted by Gasteiger charge is -2.03. The zero-order valence-corrected chi connectivity index (χ0v) is 10.9. The van der Waals surface area contributed by atoms with Gasteiger partial charge in [-0.15, -0.1) is 0 Å². The summed E-state index contributed by atoms with van der Waals surface area (Å²) in [4.78, 5) is 14.0. The number of hydrogen-bond acceptors (Lipinski definition) is 1. The molecular weight excluding hydrogens is 253 g/mol. The van der Waals surface area contributed by atoms with Gasteiger partial charge in [0.2, 0.25) is 0 Å². The SMILES string of the molecule is O=CCCc1c(-c2ccc(F)cc2)[nH]c2ccccc12. The fraction of sp³-hybridized carbons (Fsp3) is 0.118. The molecule has 0 aliphatic rings. The van der Waals surface area contributed by atoms with Gasteiger partial charge >= 0.3 is 0 Å². The molecule has 3 heteroatoms. The van der Waals surface area contributed by atoms with Crippen molar-refractivity contribution in [1.29, 1.82) is 0 Å². The van der Waals surface area contributed by atoms with Gasteiger partial charge in [0, 0.05) is 23.0 Å². The van der Waals surface area contributed by atoms with Crippen molar-refractivity contribution in [1.82, 2.24) is 4.98 Å². The van der Waals surface area contributed by atoms with Crippen LogP contribution in [-0.4, -0.2) is 11.3 Å². The van der Waals surface area contributed by atoms with Crippen molar-refractivity contribution in [2.45, 2.75) is 12.8 Å². The van der Waals surface area contributed by atoms with Gasteiger partial charge in [-0.2, -0.15) is 0 Å². The fourth-order valence-corrected chi connectivity index (χ4v) is 2.53. The van der Waals surface area contributed by atoms with Gasteiger partial charge in [0.1, 0.15) is 12.1 Å². The van der Waals surface area contributed by atoms with Crippen LogP contribution in [0.4, 0.5) is 4.39 Å². The third kappa shape index (κ3) is 2.23. The summed E-state index contributed by atoms with van der Waals surface area (Å²) in [7, 11) is 0. The summed E-state index contributed by atoms with van der Waals surface area (Å²) in [5.74, 6) is -0.251. The van der Waals surface area contributed by atoms with Crippen LogP contribution in [0.1, 0.15) is 12.0 Å². The Balaban J connectivity index is 2.17. The Morgan fingerprint density at radius 3 is 2.55 bits per heavy atom. The molecule has 100 valence electrons. The summed E-state index contributed by atoms with van der Waals surface area (Å²) in [6, 6.07) is 14.4. The number of para-hydroxylation sites is 1. The highest BCUT2D eigenvalue weighted by Gasteiger charge is 2.12. The van der Waals surface area contributed by atoms with E-state index >= 15 is 0 Å². The van der Waals surface area contributed by atoms with E-state index in [9.17, 15) is 9.18 Å². The van der Waals surface area contributed by atoms with Crippen molar-refractivity contribution in [3.63, 3.8) is 0 Å². The lowest BCUT2D eigenvalue weighted by atomic mass is 10.0. The summed E-state index contributed by atoms with van der Waals surface area (Å²) >= 11 is 0. The fourth-order valence-electron chi connectivity index (χ4n) is 2.53. The molecule has 0 spiro atoms. The molecule has 0 aliphatic heterocycles.